The van der Waals surface area contributed by atoms with Crippen LogP contribution in [0.25, 0.3) is 5.52 Å². The highest BCUT2D eigenvalue weighted by molar-refractivity contribution is 9.10. The molecule has 2 aromatic rings. The van der Waals surface area contributed by atoms with Gasteiger partial charge < -0.3 is 0 Å². The molecule has 0 N–H and O–H groups in total. The van der Waals surface area contributed by atoms with Crippen LogP contribution in [0.4, 0.5) is 0 Å². The summed E-state index contributed by atoms with van der Waals surface area (Å²) in [6, 6.07) is 3.81. The molecule has 0 spiro atoms. The summed E-state index contributed by atoms with van der Waals surface area (Å²) < 4.78 is 2.80. The maximum atomic E-state index is 5.92. The lowest BCUT2D eigenvalue weighted by Gasteiger charge is -2.00. The van der Waals surface area contributed by atoms with Crippen molar-refractivity contribution in [2.24, 2.45) is 0 Å². The fourth-order valence-electron chi connectivity index (χ4n) is 1.13. The molecule has 62 valence electrons. The van der Waals surface area contributed by atoms with Crippen LogP contribution < -0.4 is 0 Å². The van der Waals surface area contributed by atoms with Crippen LogP contribution in [0, 0.1) is 6.92 Å². The molecular formula is C8H6BrClN2. The van der Waals surface area contributed by atoms with Gasteiger partial charge in [-0.25, -0.2) is 4.52 Å². The van der Waals surface area contributed by atoms with Gasteiger partial charge in [-0.1, -0.05) is 11.6 Å². The SMILES string of the molecule is Cc1c(Cl)ccc2c(Br)cnn12. The Balaban J connectivity index is 2.93. The molecule has 12 heavy (non-hydrogen) atoms. The Morgan fingerprint density at radius 3 is 3.00 bits per heavy atom. The first-order valence-corrected chi connectivity index (χ1v) is 4.65. The van der Waals surface area contributed by atoms with Crippen LogP contribution in [0.3, 0.4) is 0 Å². The molecule has 0 saturated carbocycles. The number of fused-ring (bicyclic) bond motifs is 1. The van der Waals surface area contributed by atoms with E-state index in [1.54, 1.807) is 6.20 Å². The predicted octanol–water partition coefficient (Wildman–Crippen LogP) is 3.06. The van der Waals surface area contributed by atoms with E-state index in [-0.39, 0.29) is 0 Å². The highest BCUT2D eigenvalue weighted by Gasteiger charge is 2.04. The van der Waals surface area contributed by atoms with Gasteiger partial charge in [-0.05, 0) is 35.0 Å². The second-order valence-corrected chi connectivity index (χ2v) is 3.82. The van der Waals surface area contributed by atoms with Gasteiger partial charge in [0.05, 0.1) is 26.9 Å². The molecule has 0 bridgehead atoms. The van der Waals surface area contributed by atoms with Crippen LogP contribution in [0.1, 0.15) is 5.69 Å². The summed E-state index contributed by atoms with van der Waals surface area (Å²) in [5.74, 6) is 0. The third-order valence-corrected chi connectivity index (χ3v) is 2.82. The van der Waals surface area contributed by atoms with Gasteiger partial charge in [0.15, 0.2) is 0 Å². The monoisotopic (exact) mass is 244 g/mol. The number of aryl methyl sites for hydroxylation is 1. The minimum Gasteiger partial charge on any atom is -0.235 e. The Morgan fingerprint density at radius 2 is 2.25 bits per heavy atom. The molecule has 0 atom stereocenters. The van der Waals surface area contributed by atoms with Crippen molar-refractivity contribution in [3.63, 3.8) is 0 Å². The first kappa shape index (κ1) is 8.08. The average Bonchev–Trinajstić information content (AvgIpc) is 2.41. The number of nitrogens with zero attached hydrogens (tertiary/aromatic N) is 2. The van der Waals surface area contributed by atoms with Gasteiger partial charge in [0.1, 0.15) is 0 Å². The maximum absolute atomic E-state index is 5.92. The van der Waals surface area contributed by atoms with Crippen LogP contribution in [0.5, 0.6) is 0 Å². The normalized spacial score (nSPS) is 10.9. The van der Waals surface area contributed by atoms with Crippen molar-refractivity contribution in [3.8, 4) is 0 Å². The van der Waals surface area contributed by atoms with Gasteiger partial charge in [-0.2, -0.15) is 5.10 Å². The van der Waals surface area contributed by atoms with Crippen LogP contribution in [-0.4, -0.2) is 9.61 Å². The first-order valence-electron chi connectivity index (χ1n) is 3.48. The molecule has 2 heterocycles. The van der Waals surface area contributed by atoms with E-state index in [0.29, 0.717) is 0 Å². The van der Waals surface area contributed by atoms with Crippen molar-refractivity contribution in [3.05, 3.63) is 33.5 Å². The molecule has 0 aliphatic rings. The Morgan fingerprint density at radius 1 is 1.50 bits per heavy atom. The van der Waals surface area contributed by atoms with Gasteiger partial charge in [0.2, 0.25) is 0 Å². The first-order chi connectivity index (χ1) is 5.70. The van der Waals surface area contributed by atoms with Crippen LogP contribution in [-0.2, 0) is 0 Å². The van der Waals surface area contributed by atoms with Crippen molar-refractivity contribution in [2.75, 3.05) is 0 Å². The van der Waals surface area contributed by atoms with Crippen molar-refractivity contribution in [1.29, 1.82) is 0 Å². The van der Waals surface area contributed by atoms with Crippen molar-refractivity contribution in [1.82, 2.24) is 9.61 Å². The lowest BCUT2D eigenvalue weighted by Crippen LogP contribution is -1.92. The molecular weight excluding hydrogens is 239 g/mol. The number of halogens is 2. The van der Waals surface area contributed by atoms with Gasteiger partial charge >= 0.3 is 0 Å². The maximum Gasteiger partial charge on any atom is 0.0808 e. The van der Waals surface area contributed by atoms with E-state index in [4.69, 9.17) is 11.6 Å². The average molecular weight is 246 g/mol. The van der Waals surface area contributed by atoms with E-state index in [2.05, 4.69) is 21.0 Å². The van der Waals surface area contributed by atoms with Gasteiger partial charge in [0, 0.05) is 0 Å². The molecule has 0 aliphatic heterocycles. The lowest BCUT2D eigenvalue weighted by atomic mass is 10.3. The number of pyridine rings is 1. The van der Waals surface area contributed by atoms with Crippen LogP contribution in [0.15, 0.2) is 22.8 Å². The number of aromatic nitrogens is 2. The van der Waals surface area contributed by atoms with E-state index < -0.39 is 0 Å². The number of hydrogen-bond donors (Lipinski definition) is 0. The Kier molecular flexibility index (Phi) is 1.85. The molecule has 2 rings (SSSR count). The zero-order chi connectivity index (χ0) is 8.72. The van der Waals surface area contributed by atoms with Crippen molar-refractivity contribution >= 4 is 33.0 Å². The molecule has 0 unspecified atom stereocenters. The summed E-state index contributed by atoms with van der Waals surface area (Å²) in [6.45, 7) is 1.94. The summed E-state index contributed by atoms with van der Waals surface area (Å²) in [7, 11) is 0. The topological polar surface area (TPSA) is 17.3 Å². The molecule has 0 aromatic carbocycles. The standard InChI is InChI=1S/C8H6BrClN2/c1-5-7(10)2-3-8-6(9)4-11-12(5)8/h2-4H,1H3. The van der Waals surface area contributed by atoms with Crippen molar-refractivity contribution < 1.29 is 0 Å². The minimum atomic E-state index is 0.734. The van der Waals surface area contributed by atoms with E-state index in [1.807, 2.05) is 23.6 Å². The highest BCUT2D eigenvalue weighted by atomic mass is 79.9. The van der Waals surface area contributed by atoms with Gasteiger partial charge in [-0.15, -0.1) is 0 Å². The van der Waals surface area contributed by atoms with E-state index in [9.17, 15) is 0 Å². The quantitative estimate of drug-likeness (QED) is 0.697. The smallest absolute Gasteiger partial charge is 0.0808 e. The fraction of sp³-hybridized carbons (Fsp3) is 0.125. The summed E-state index contributed by atoms with van der Waals surface area (Å²) in [4.78, 5) is 0. The lowest BCUT2D eigenvalue weighted by molar-refractivity contribution is 0.915. The molecule has 0 fully saturated rings. The van der Waals surface area contributed by atoms with E-state index >= 15 is 0 Å². The largest absolute Gasteiger partial charge is 0.235 e. The Bertz CT molecular complexity index is 436. The summed E-state index contributed by atoms with van der Waals surface area (Å²) in [6.07, 6.45) is 1.76. The van der Waals surface area contributed by atoms with Gasteiger partial charge in [0.25, 0.3) is 0 Å². The van der Waals surface area contributed by atoms with Gasteiger partial charge in [-0.3, -0.25) is 0 Å². The molecule has 0 saturated heterocycles. The third kappa shape index (κ3) is 1.04. The summed E-state index contributed by atoms with van der Waals surface area (Å²) in [5, 5.41) is 4.90. The third-order valence-electron chi connectivity index (χ3n) is 1.81. The van der Waals surface area contributed by atoms with Crippen LogP contribution >= 0.6 is 27.5 Å². The summed E-state index contributed by atoms with van der Waals surface area (Å²) >= 11 is 9.32. The Labute approximate surface area is 83.3 Å². The van der Waals surface area contributed by atoms with Crippen molar-refractivity contribution in [2.45, 2.75) is 6.92 Å². The second kappa shape index (κ2) is 2.75. The second-order valence-electron chi connectivity index (χ2n) is 2.56. The predicted molar refractivity (Wildman–Crippen MR) is 52.6 cm³/mol. The van der Waals surface area contributed by atoms with Crippen LogP contribution in [0.2, 0.25) is 5.02 Å². The van der Waals surface area contributed by atoms with E-state index in [1.165, 1.54) is 0 Å². The zero-order valence-corrected chi connectivity index (χ0v) is 8.72. The number of rotatable bonds is 0. The molecule has 2 nitrogen and oxygen atoms in total. The molecule has 0 aliphatic carbocycles. The highest BCUT2D eigenvalue weighted by Crippen LogP contribution is 2.22. The molecule has 4 heteroatoms. The zero-order valence-electron chi connectivity index (χ0n) is 6.38. The molecule has 0 amide bonds. The summed E-state index contributed by atoms with van der Waals surface area (Å²) in [5.41, 5.74) is 2.00. The van der Waals surface area contributed by atoms with E-state index in [0.717, 1.165) is 20.7 Å². The Hall–Kier alpha value is -0.540. The number of hydrogen-bond acceptors (Lipinski definition) is 1. The molecule has 0 radical (unpaired) electrons. The minimum absolute atomic E-state index is 0.734. The molecule has 2 aromatic heterocycles. The fourth-order valence-corrected chi connectivity index (χ4v) is 1.66.